The van der Waals surface area contributed by atoms with E-state index in [1.54, 1.807) is 12.4 Å². The molecule has 0 N–H and O–H groups in total. The topological polar surface area (TPSA) is 58.3 Å². The lowest BCUT2D eigenvalue weighted by molar-refractivity contribution is 0.179. The number of pyridine rings is 1. The zero-order valence-corrected chi connectivity index (χ0v) is 9.65. The van der Waals surface area contributed by atoms with Gasteiger partial charge in [-0.2, -0.15) is 5.26 Å². The monoisotopic (exact) mass is 237 g/mol. The van der Waals surface area contributed by atoms with Gasteiger partial charge < -0.3 is 4.84 Å². The summed E-state index contributed by atoms with van der Waals surface area (Å²) in [6.07, 6.45) is 3.41. The highest BCUT2D eigenvalue weighted by molar-refractivity contribution is 6.12. The lowest BCUT2D eigenvalue weighted by Crippen LogP contribution is -2.04. The van der Waals surface area contributed by atoms with Gasteiger partial charge in [-0.05, 0) is 12.1 Å². The van der Waals surface area contributed by atoms with Crippen molar-refractivity contribution in [1.29, 1.82) is 5.26 Å². The SMILES string of the molecule is N#CCO/N=C(\c1ccccc1)c1cccnc1. The summed E-state index contributed by atoms with van der Waals surface area (Å²) in [6, 6.07) is 15.2. The summed E-state index contributed by atoms with van der Waals surface area (Å²) in [5, 5.41) is 12.5. The maximum absolute atomic E-state index is 8.46. The lowest BCUT2D eigenvalue weighted by atomic mass is 10.0. The van der Waals surface area contributed by atoms with Crippen molar-refractivity contribution in [1.82, 2.24) is 4.98 Å². The molecule has 0 aliphatic rings. The van der Waals surface area contributed by atoms with E-state index in [1.165, 1.54) is 0 Å². The summed E-state index contributed by atoms with van der Waals surface area (Å²) in [5.41, 5.74) is 2.43. The van der Waals surface area contributed by atoms with Crippen LogP contribution >= 0.6 is 0 Å². The normalized spacial score (nSPS) is 10.7. The molecule has 2 aromatic rings. The summed E-state index contributed by atoms with van der Waals surface area (Å²) in [5.74, 6) is 0. The van der Waals surface area contributed by atoms with Gasteiger partial charge in [-0.1, -0.05) is 35.5 Å². The lowest BCUT2D eigenvalue weighted by Gasteiger charge is -2.05. The molecule has 4 heteroatoms. The highest BCUT2D eigenvalue weighted by Crippen LogP contribution is 2.10. The summed E-state index contributed by atoms with van der Waals surface area (Å²) in [7, 11) is 0. The van der Waals surface area contributed by atoms with Crippen molar-refractivity contribution in [2.45, 2.75) is 0 Å². The van der Waals surface area contributed by atoms with Gasteiger partial charge in [0.1, 0.15) is 11.8 Å². The fourth-order valence-corrected chi connectivity index (χ4v) is 1.50. The number of nitriles is 1. The van der Waals surface area contributed by atoms with Crippen molar-refractivity contribution < 1.29 is 4.84 Å². The highest BCUT2D eigenvalue weighted by atomic mass is 16.6. The maximum Gasteiger partial charge on any atom is 0.202 e. The van der Waals surface area contributed by atoms with Gasteiger partial charge in [0.2, 0.25) is 6.61 Å². The van der Waals surface area contributed by atoms with E-state index in [4.69, 9.17) is 10.1 Å². The van der Waals surface area contributed by atoms with Crippen LogP contribution in [0.25, 0.3) is 0 Å². The molecular weight excluding hydrogens is 226 g/mol. The average Bonchev–Trinajstić information content (AvgIpc) is 2.46. The van der Waals surface area contributed by atoms with Crippen LogP contribution in [0.15, 0.2) is 60.0 Å². The third kappa shape index (κ3) is 2.92. The molecular formula is C14H11N3O. The molecule has 0 spiro atoms. The van der Waals surface area contributed by atoms with Crippen LogP contribution in [0.5, 0.6) is 0 Å². The van der Waals surface area contributed by atoms with Gasteiger partial charge in [-0.3, -0.25) is 4.98 Å². The van der Waals surface area contributed by atoms with Crippen LogP contribution < -0.4 is 0 Å². The number of benzene rings is 1. The average molecular weight is 237 g/mol. The van der Waals surface area contributed by atoms with Gasteiger partial charge in [0, 0.05) is 23.5 Å². The zero-order chi connectivity index (χ0) is 12.6. The number of hydrogen-bond acceptors (Lipinski definition) is 4. The third-order valence-corrected chi connectivity index (χ3v) is 2.27. The van der Waals surface area contributed by atoms with Crippen molar-refractivity contribution in [2.75, 3.05) is 6.61 Å². The third-order valence-electron chi connectivity index (χ3n) is 2.27. The first-order valence-corrected chi connectivity index (χ1v) is 5.44. The Morgan fingerprint density at radius 1 is 1.17 bits per heavy atom. The van der Waals surface area contributed by atoms with Crippen molar-refractivity contribution in [3.8, 4) is 6.07 Å². The maximum atomic E-state index is 8.46. The number of oxime groups is 1. The fraction of sp³-hybridized carbons (Fsp3) is 0.0714. The highest BCUT2D eigenvalue weighted by Gasteiger charge is 2.07. The number of hydrogen-bond donors (Lipinski definition) is 0. The molecule has 0 fully saturated rings. The number of nitrogens with zero attached hydrogens (tertiary/aromatic N) is 3. The van der Waals surface area contributed by atoms with E-state index >= 15 is 0 Å². The van der Waals surface area contributed by atoms with Gasteiger partial charge in [0.25, 0.3) is 0 Å². The molecule has 4 nitrogen and oxygen atoms in total. The first kappa shape index (κ1) is 11.8. The fourth-order valence-electron chi connectivity index (χ4n) is 1.50. The first-order chi connectivity index (χ1) is 8.92. The van der Waals surface area contributed by atoms with E-state index in [0.717, 1.165) is 11.1 Å². The minimum Gasteiger partial charge on any atom is -0.380 e. The van der Waals surface area contributed by atoms with Crippen LogP contribution in [0.1, 0.15) is 11.1 Å². The van der Waals surface area contributed by atoms with E-state index in [9.17, 15) is 0 Å². The molecule has 18 heavy (non-hydrogen) atoms. The molecule has 88 valence electrons. The van der Waals surface area contributed by atoms with Gasteiger partial charge in [-0.15, -0.1) is 0 Å². The minimum absolute atomic E-state index is 0.0728. The molecule has 0 atom stereocenters. The van der Waals surface area contributed by atoms with Crippen molar-refractivity contribution >= 4 is 5.71 Å². The number of aromatic nitrogens is 1. The van der Waals surface area contributed by atoms with Gasteiger partial charge in [0.15, 0.2) is 0 Å². The number of rotatable bonds is 4. The Morgan fingerprint density at radius 2 is 1.94 bits per heavy atom. The molecule has 1 aromatic carbocycles. The van der Waals surface area contributed by atoms with Crippen molar-refractivity contribution in [3.63, 3.8) is 0 Å². The Bertz CT molecular complexity index is 517. The molecule has 0 radical (unpaired) electrons. The summed E-state index contributed by atoms with van der Waals surface area (Å²) < 4.78 is 0. The molecule has 0 saturated carbocycles. The second-order valence-electron chi connectivity index (χ2n) is 3.48. The molecule has 1 aromatic heterocycles. The molecule has 1 heterocycles. The summed E-state index contributed by atoms with van der Waals surface area (Å²) in [4.78, 5) is 9.01. The van der Waals surface area contributed by atoms with Crippen LogP contribution in [-0.2, 0) is 4.84 Å². The predicted octanol–water partition coefficient (Wildman–Crippen LogP) is 2.37. The smallest absolute Gasteiger partial charge is 0.202 e. The van der Waals surface area contributed by atoms with Crippen LogP contribution in [0.3, 0.4) is 0 Å². The largest absolute Gasteiger partial charge is 0.380 e. The first-order valence-electron chi connectivity index (χ1n) is 5.44. The van der Waals surface area contributed by atoms with Crippen molar-refractivity contribution in [2.24, 2.45) is 5.16 Å². The van der Waals surface area contributed by atoms with Gasteiger partial charge >= 0.3 is 0 Å². The second kappa shape index (κ2) is 6.16. The quantitative estimate of drug-likeness (QED) is 0.466. The van der Waals surface area contributed by atoms with Crippen LogP contribution in [0.4, 0.5) is 0 Å². The molecule has 0 unspecified atom stereocenters. The molecule has 0 aliphatic heterocycles. The minimum atomic E-state index is -0.0728. The molecule has 0 bridgehead atoms. The van der Waals surface area contributed by atoms with E-state index in [2.05, 4.69) is 10.1 Å². The summed E-state index contributed by atoms with van der Waals surface area (Å²) >= 11 is 0. The summed E-state index contributed by atoms with van der Waals surface area (Å²) in [6.45, 7) is -0.0728. The zero-order valence-electron chi connectivity index (χ0n) is 9.65. The van der Waals surface area contributed by atoms with E-state index in [0.29, 0.717) is 5.71 Å². The Hall–Kier alpha value is -2.67. The van der Waals surface area contributed by atoms with E-state index in [1.807, 2.05) is 48.5 Å². The molecule has 2 rings (SSSR count). The molecule has 0 aliphatic carbocycles. The Kier molecular flexibility index (Phi) is 4.04. The second-order valence-corrected chi connectivity index (χ2v) is 3.48. The van der Waals surface area contributed by atoms with Crippen LogP contribution in [0, 0.1) is 11.3 Å². The molecule has 0 saturated heterocycles. The Morgan fingerprint density at radius 3 is 2.61 bits per heavy atom. The Balaban J connectivity index is 2.36. The van der Waals surface area contributed by atoms with E-state index < -0.39 is 0 Å². The molecule has 0 amide bonds. The van der Waals surface area contributed by atoms with Crippen molar-refractivity contribution in [3.05, 3.63) is 66.0 Å². The predicted molar refractivity (Wildman–Crippen MR) is 67.9 cm³/mol. The van der Waals surface area contributed by atoms with Crippen LogP contribution in [-0.4, -0.2) is 17.3 Å². The van der Waals surface area contributed by atoms with Crippen LogP contribution in [0.2, 0.25) is 0 Å². The Labute approximate surface area is 105 Å². The van der Waals surface area contributed by atoms with E-state index in [-0.39, 0.29) is 6.61 Å². The van der Waals surface area contributed by atoms with Gasteiger partial charge in [-0.25, -0.2) is 0 Å². The van der Waals surface area contributed by atoms with Gasteiger partial charge in [0.05, 0.1) is 0 Å². The standard InChI is InChI=1S/C14H11N3O/c15-8-10-18-17-14(12-5-2-1-3-6-12)13-7-4-9-16-11-13/h1-7,9,11H,10H2/b17-14+.